The molecule has 1 aliphatic rings. The van der Waals surface area contributed by atoms with Crippen LogP contribution in [0.15, 0.2) is 12.3 Å². The topological polar surface area (TPSA) is 57.3 Å². The van der Waals surface area contributed by atoms with E-state index in [2.05, 4.69) is 34.4 Å². The fraction of sp³-hybridized carbons (Fsp3) is 0.600. The molecule has 1 saturated heterocycles. The number of hydrogen-bond acceptors (Lipinski definition) is 4. The van der Waals surface area contributed by atoms with Gasteiger partial charge in [-0.25, -0.2) is 9.37 Å². The van der Waals surface area contributed by atoms with Gasteiger partial charge in [-0.3, -0.25) is 4.79 Å². The first-order valence-electron chi connectivity index (χ1n) is 7.37. The van der Waals surface area contributed by atoms with Crippen LogP contribution in [0.1, 0.15) is 30.6 Å². The number of halogens is 1. The van der Waals surface area contributed by atoms with Crippen molar-refractivity contribution in [3.63, 3.8) is 0 Å². The Hall–Kier alpha value is -1.69. The number of pyridine rings is 1. The highest BCUT2D eigenvalue weighted by atomic mass is 19.1. The van der Waals surface area contributed by atoms with E-state index in [-0.39, 0.29) is 17.3 Å². The molecule has 1 unspecified atom stereocenters. The Kier molecular flexibility index (Phi) is 5.12. The molecule has 1 aliphatic heterocycles. The molecule has 2 rings (SSSR count). The summed E-state index contributed by atoms with van der Waals surface area (Å²) in [5, 5.41) is 5.46. The van der Waals surface area contributed by atoms with Crippen LogP contribution in [0.25, 0.3) is 0 Å². The van der Waals surface area contributed by atoms with Gasteiger partial charge in [0, 0.05) is 32.4 Å². The van der Waals surface area contributed by atoms with Gasteiger partial charge in [0.2, 0.25) is 0 Å². The van der Waals surface area contributed by atoms with Crippen LogP contribution in [0, 0.1) is 11.7 Å². The van der Waals surface area contributed by atoms with Crippen molar-refractivity contribution in [3.8, 4) is 0 Å². The molecule has 2 heterocycles. The summed E-state index contributed by atoms with van der Waals surface area (Å²) in [6, 6.07) is 1.93. The lowest BCUT2D eigenvalue weighted by atomic mass is 10.1. The fourth-order valence-electron chi connectivity index (χ4n) is 2.62. The standard InChI is InChI=1S/C15H23FN4O/c1-10(2)20-7-5-11(9-20)8-19-15(21)12-4-6-18-14(17-3)13(12)16/h4,6,10-11H,5,7-9H2,1-3H3,(H,17,18)(H,19,21). The van der Waals surface area contributed by atoms with Crippen LogP contribution >= 0.6 is 0 Å². The van der Waals surface area contributed by atoms with Gasteiger partial charge < -0.3 is 15.5 Å². The second-order valence-electron chi connectivity index (χ2n) is 5.72. The average molecular weight is 294 g/mol. The van der Waals surface area contributed by atoms with Gasteiger partial charge >= 0.3 is 0 Å². The summed E-state index contributed by atoms with van der Waals surface area (Å²) in [7, 11) is 1.58. The number of amides is 1. The molecule has 1 fully saturated rings. The summed E-state index contributed by atoms with van der Waals surface area (Å²) >= 11 is 0. The van der Waals surface area contributed by atoms with Crippen molar-refractivity contribution in [2.45, 2.75) is 26.3 Å². The normalized spacial score (nSPS) is 19.0. The number of hydrogen-bond donors (Lipinski definition) is 2. The highest BCUT2D eigenvalue weighted by Crippen LogP contribution is 2.18. The molecule has 0 aromatic carbocycles. The predicted octanol–water partition coefficient (Wildman–Crippen LogP) is 1.72. The van der Waals surface area contributed by atoms with Gasteiger partial charge in [-0.1, -0.05) is 0 Å². The molecule has 21 heavy (non-hydrogen) atoms. The van der Waals surface area contributed by atoms with Crippen LogP contribution in [0.3, 0.4) is 0 Å². The number of anilines is 1. The van der Waals surface area contributed by atoms with E-state index in [4.69, 9.17) is 0 Å². The van der Waals surface area contributed by atoms with Crippen molar-refractivity contribution >= 4 is 11.7 Å². The zero-order valence-corrected chi connectivity index (χ0v) is 12.8. The second-order valence-corrected chi connectivity index (χ2v) is 5.72. The molecule has 2 N–H and O–H groups in total. The molecule has 0 spiro atoms. The minimum atomic E-state index is -0.604. The van der Waals surface area contributed by atoms with Crippen molar-refractivity contribution in [2.24, 2.45) is 5.92 Å². The predicted molar refractivity (Wildman–Crippen MR) is 80.9 cm³/mol. The highest BCUT2D eigenvalue weighted by molar-refractivity contribution is 5.95. The van der Waals surface area contributed by atoms with E-state index in [1.54, 1.807) is 7.05 Å². The number of nitrogens with one attached hydrogen (secondary N) is 2. The number of carbonyl (C=O) groups excluding carboxylic acids is 1. The smallest absolute Gasteiger partial charge is 0.254 e. The van der Waals surface area contributed by atoms with Crippen LogP contribution in [-0.4, -0.2) is 48.5 Å². The summed E-state index contributed by atoms with van der Waals surface area (Å²) in [6.07, 6.45) is 2.50. The maximum Gasteiger partial charge on any atom is 0.254 e. The van der Waals surface area contributed by atoms with Gasteiger partial charge in [0.1, 0.15) is 0 Å². The van der Waals surface area contributed by atoms with E-state index in [1.807, 2.05) is 0 Å². The number of carbonyl (C=O) groups is 1. The average Bonchev–Trinajstić information content (AvgIpc) is 2.94. The van der Waals surface area contributed by atoms with Gasteiger partial charge in [0.05, 0.1) is 5.56 Å². The van der Waals surface area contributed by atoms with Gasteiger partial charge in [-0.05, 0) is 38.8 Å². The molecule has 0 radical (unpaired) electrons. The number of aromatic nitrogens is 1. The SMILES string of the molecule is CNc1nccc(C(=O)NCC2CCN(C(C)C)C2)c1F. The summed E-state index contributed by atoms with van der Waals surface area (Å²) < 4.78 is 14.0. The number of likely N-dealkylation sites (tertiary alicyclic amines) is 1. The Bertz CT molecular complexity index is 506. The Labute approximate surface area is 124 Å². The van der Waals surface area contributed by atoms with Crippen LogP contribution in [-0.2, 0) is 0 Å². The molecule has 5 nitrogen and oxygen atoms in total. The third-order valence-electron chi connectivity index (χ3n) is 3.97. The van der Waals surface area contributed by atoms with E-state index in [0.29, 0.717) is 18.5 Å². The van der Waals surface area contributed by atoms with Gasteiger partial charge in [0.15, 0.2) is 11.6 Å². The molecule has 1 aromatic rings. The van der Waals surface area contributed by atoms with Crippen molar-refractivity contribution in [1.29, 1.82) is 0 Å². The highest BCUT2D eigenvalue weighted by Gasteiger charge is 2.25. The van der Waals surface area contributed by atoms with Gasteiger partial charge in [0.25, 0.3) is 5.91 Å². The van der Waals surface area contributed by atoms with Crippen molar-refractivity contribution in [3.05, 3.63) is 23.6 Å². The van der Waals surface area contributed by atoms with Crippen molar-refractivity contribution < 1.29 is 9.18 Å². The minimum Gasteiger partial charge on any atom is -0.371 e. The maximum atomic E-state index is 14.0. The largest absolute Gasteiger partial charge is 0.371 e. The Balaban J connectivity index is 1.91. The quantitative estimate of drug-likeness (QED) is 0.868. The van der Waals surface area contributed by atoms with Crippen LogP contribution in [0.4, 0.5) is 10.2 Å². The minimum absolute atomic E-state index is 0.0352. The van der Waals surface area contributed by atoms with E-state index < -0.39 is 5.82 Å². The second kappa shape index (κ2) is 6.85. The van der Waals surface area contributed by atoms with E-state index >= 15 is 0 Å². The number of rotatable bonds is 5. The lowest BCUT2D eigenvalue weighted by Crippen LogP contribution is -2.33. The molecule has 1 atom stereocenters. The maximum absolute atomic E-state index is 14.0. The Morgan fingerprint density at radius 3 is 2.95 bits per heavy atom. The van der Waals surface area contributed by atoms with Crippen LogP contribution in [0.2, 0.25) is 0 Å². The first kappa shape index (κ1) is 15.7. The zero-order valence-electron chi connectivity index (χ0n) is 12.8. The molecule has 1 aromatic heterocycles. The van der Waals surface area contributed by atoms with E-state index in [0.717, 1.165) is 19.5 Å². The van der Waals surface area contributed by atoms with Crippen molar-refractivity contribution in [1.82, 2.24) is 15.2 Å². The molecule has 0 saturated carbocycles. The molecular weight excluding hydrogens is 271 g/mol. The van der Waals surface area contributed by atoms with Crippen LogP contribution < -0.4 is 10.6 Å². The molecule has 1 amide bonds. The van der Waals surface area contributed by atoms with Gasteiger partial charge in [-0.2, -0.15) is 0 Å². The molecule has 0 aliphatic carbocycles. The molecule has 6 heteroatoms. The Morgan fingerprint density at radius 1 is 1.57 bits per heavy atom. The molecule has 116 valence electrons. The summed E-state index contributed by atoms with van der Waals surface area (Å²) in [5.74, 6) is -0.457. The summed E-state index contributed by atoms with van der Waals surface area (Å²) in [5.41, 5.74) is 0.0352. The first-order chi connectivity index (χ1) is 10.0. The fourth-order valence-corrected chi connectivity index (χ4v) is 2.62. The first-order valence-corrected chi connectivity index (χ1v) is 7.37. The lowest BCUT2D eigenvalue weighted by Gasteiger charge is -2.20. The van der Waals surface area contributed by atoms with E-state index in [1.165, 1.54) is 12.3 Å². The third kappa shape index (κ3) is 3.69. The molecule has 0 bridgehead atoms. The summed E-state index contributed by atoms with van der Waals surface area (Å²) in [6.45, 7) is 6.97. The third-order valence-corrected chi connectivity index (χ3v) is 3.97. The molecular formula is C15H23FN4O. The van der Waals surface area contributed by atoms with E-state index in [9.17, 15) is 9.18 Å². The van der Waals surface area contributed by atoms with Gasteiger partial charge in [-0.15, -0.1) is 0 Å². The van der Waals surface area contributed by atoms with Crippen molar-refractivity contribution in [2.75, 3.05) is 32.0 Å². The zero-order chi connectivity index (χ0) is 15.4. The number of nitrogens with zero attached hydrogens (tertiary/aromatic N) is 2. The monoisotopic (exact) mass is 294 g/mol. The lowest BCUT2D eigenvalue weighted by molar-refractivity contribution is 0.0943. The van der Waals surface area contributed by atoms with Crippen LogP contribution in [0.5, 0.6) is 0 Å². The Morgan fingerprint density at radius 2 is 2.33 bits per heavy atom. The summed E-state index contributed by atoms with van der Waals surface area (Å²) in [4.78, 5) is 18.3.